The fourth-order valence-electron chi connectivity index (χ4n) is 4.58. The summed E-state index contributed by atoms with van der Waals surface area (Å²) in [7, 11) is -3.22. The maximum Gasteiger partial charge on any atom is 0.337 e. The van der Waals surface area contributed by atoms with Gasteiger partial charge in [-0.05, 0) is 74.1 Å². The molecule has 0 radical (unpaired) electrons. The lowest BCUT2D eigenvalue weighted by molar-refractivity contribution is -0.115. The number of aromatic carboxylic acids is 1. The SMILES string of the molecule is CCCCS(=O)(=O)NC1CCC(Oc2ccc(Oc3ccc(CC(=O)Nc4ccccc4C(=O)O)cn3)cc2)CC1. The van der Waals surface area contributed by atoms with Crippen LogP contribution in [0.5, 0.6) is 17.4 Å². The molecule has 1 amide bonds. The van der Waals surface area contributed by atoms with Gasteiger partial charge in [-0.25, -0.2) is 22.9 Å². The first-order valence-electron chi connectivity index (χ1n) is 13.7. The highest BCUT2D eigenvalue weighted by Crippen LogP contribution is 2.27. The molecule has 1 saturated carbocycles. The van der Waals surface area contributed by atoms with Crippen molar-refractivity contribution < 1.29 is 32.6 Å². The predicted octanol–water partition coefficient (Wildman–Crippen LogP) is 5.16. The van der Waals surface area contributed by atoms with Crippen LogP contribution in [0.1, 0.15) is 61.4 Å². The molecule has 0 unspecified atom stereocenters. The number of benzene rings is 2. The molecule has 1 aliphatic carbocycles. The number of ether oxygens (including phenoxy) is 2. The highest BCUT2D eigenvalue weighted by Gasteiger charge is 2.25. The Morgan fingerprint density at radius 3 is 2.34 bits per heavy atom. The highest BCUT2D eigenvalue weighted by molar-refractivity contribution is 7.89. The summed E-state index contributed by atoms with van der Waals surface area (Å²) >= 11 is 0. The van der Waals surface area contributed by atoms with E-state index >= 15 is 0 Å². The van der Waals surface area contributed by atoms with Crippen LogP contribution in [0.3, 0.4) is 0 Å². The van der Waals surface area contributed by atoms with Gasteiger partial charge in [0.15, 0.2) is 0 Å². The second kappa shape index (κ2) is 14.1. The molecule has 4 rings (SSSR count). The normalized spacial score (nSPS) is 17.0. The van der Waals surface area contributed by atoms with Crippen LogP contribution in [0, 0.1) is 0 Å². The van der Waals surface area contributed by atoms with E-state index in [0.29, 0.717) is 29.4 Å². The molecule has 41 heavy (non-hydrogen) atoms. The summed E-state index contributed by atoms with van der Waals surface area (Å²) in [6, 6.07) is 16.8. The average Bonchev–Trinajstić information content (AvgIpc) is 2.95. The van der Waals surface area contributed by atoms with Crippen molar-refractivity contribution in [3.63, 3.8) is 0 Å². The van der Waals surface area contributed by atoms with Crippen LogP contribution >= 0.6 is 0 Å². The number of para-hydroxylation sites is 1. The number of carboxylic acid groups (broad SMARTS) is 1. The number of hydrogen-bond donors (Lipinski definition) is 3. The Bertz CT molecular complexity index is 1420. The Hall–Kier alpha value is -3.96. The first-order valence-corrected chi connectivity index (χ1v) is 15.4. The zero-order valence-electron chi connectivity index (χ0n) is 22.9. The molecule has 10 nitrogen and oxygen atoms in total. The fraction of sp³-hybridized carbons (Fsp3) is 0.367. The Morgan fingerprint density at radius 2 is 1.68 bits per heavy atom. The van der Waals surface area contributed by atoms with E-state index in [2.05, 4.69) is 15.0 Å². The van der Waals surface area contributed by atoms with E-state index in [4.69, 9.17) is 9.47 Å². The first-order chi connectivity index (χ1) is 19.7. The van der Waals surface area contributed by atoms with Gasteiger partial charge in [-0.3, -0.25) is 4.79 Å². The molecule has 1 aliphatic rings. The standard InChI is InChI=1S/C30H35N3O7S/c1-2-3-18-41(37,38)33-22-9-11-23(12-10-22)39-24-13-15-25(16-14-24)40-29-17-8-21(20-31-29)19-28(34)32-27-7-5-4-6-26(27)30(35)36/h4-8,13-17,20,22-23,33H,2-3,9-12,18-19H2,1H3,(H,32,34)(H,35,36). The highest BCUT2D eigenvalue weighted by atomic mass is 32.2. The lowest BCUT2D eigenvalue weighted by atomic mass is 9.94. The quantitative estimate of drug-likeness (QED) is 0.251. The van der Waals surface area contributed by atoms with Crippen LogP contribution in [0.4, 0.5) is 5.69 Å². The number of hydrogen-bond acceptors (Lipinski definition) is 7. The summed E-state index contributed by atoms with van der Waals surface area (Å²) in [6.07, 6.45) is 6.16. The van der Waals surface area contributed by atoms with E-state index in [-0.39, 0.29) is 41.5 Å². The maximum atomic E-state index is 12.4. The molecule has 0 atom stereocenters. The smallest absolute Gasteiger partial charge is 0.337 e. The Morgan fingerprint density at radius 1 is 0.976 bits per heavy atom. The van der Waals surface area contributed by atoms with Gasteiger partial charge in [0, 0.05) is 18.3 Å². The van der Waals surface area contributed by atoms with Crippen LogP contribution in [0.15, 0.2) is 66.9 Å². The number of unbranched alkanes of at least 4 members (excludes halogenated alkanes) is 1. The lowest BCUT2D eigenvalue weighted by Gasteiger charge is -2.29. The second-order valence-electron chi connectivity index (χ2n) is 10.0. The molecule has 0 bridgehead atoms. The van der Waals surface area contributed by atoms with Gasteiger partial charge in [-0.15, -0.1) is 0 Å². The van der Waals surface area contributed by atoms with Gasteiger partial charge in [-0.1, -0.05) is 31.5 Å². The van der Waals surface area contributed by atoms with Gasteiger partial charge in [0.25, 0.3) is 0 Å². The minimum absolute atomic E-state index is 0.0228. The largest absolute Gasteiger partial charge is 0.490 e. The third-order valence-corrected chi connectivity index (χ3v) is 8.25. The van der Waals surface area contributed by atoms with Gasteiger partial charge in [0.2, 0.25) is 21.8 Å². The molecule has 3 aromatic rings. The Labute approximate surface area is 240 Å². The van der Waals surface area contributed by atoms with Gasteiger partial charge in [0.05, 0.1) is 29.5 Å². The number of aromatic nitrogens is 1. The molecule has 3 N–H and O–H groups in total. The number of sulfonamides is 1. The number of carbonyl (C=O) groups is 2. The van der Waals surface area contributed by atoms with Crippen molar-refractivity contribution in [2.75, 3.05) is 11.1 Å². The summed E-state index contributed by atoms with van der Waals surface area (Å²) in [5.74, 6) is 0.354. The number of pyridine rings is 1. The monoisotopic (exact) mass is 581 g/mol. The van der Waals surface area contributed by atoms with Gasteiger partial charge < -0.3 is 19.9 Å². The summed E-state index contributed by atoms with van der Waals surface area (Å²) in [4.78, 5) is 28.0. The van der Waals surface area contributed by atoms with E-state index < -0.39 is 16.0 Å². The van der Waals surface area contributed by atoms with Gasteiger partial charge >= 0.3 is 5.97 Å². The number of carboxylic acids is 1. The molecule has 2 aromatic carbocycles. The maximum absolute atomic E-state index is 12.4. The minimum atomic E-state index is -3.22. The third-order valence-electron chi connectivity index (χ3n) is 6.73. The fourth-order valence-corrected chi connectivity index (χ4v) is 6.11. The van der Waals surface area contributed by atoms with Crippen molar-refractivity contribution in [3.05, 3.63) is 78.0 Å². The Kier molecular flexibility index (Phi) is 10.3. The van der Waals surface area contributed by atoms with Crippen LogP contribution in [0.2, 0.25) is 0 Å². The molecule has 0 aliphatic heterocycles. The van der Waals surface area contributed by atoms with E-state index in [1.807, 2.05) is 19.1 Å². The number of anilines is 1. The van der Waals surface area contributed by atoms with Gasteiger partial charge in [0.1, 0.15) is 11.5 Å². The second-order valence-corrected chi connectivity index (χ2v) is 11.9. The summed E-state index contributed by atoms with van der Waals surface area (Å²) in [5, 5.41) is 11.9. The number of nitrogens with one attached hydrogen (secondary N) is 2. The van der Waals surface area contributed by atoms with Crippen molar-refractivity contribution in [1.29, 1.82) is 0 Å². The average molecular weight is 582 g/mol. The van der Waals surface area contributed by atoms with Gasteiger partial charge in [-0.2, -0.15) is 0 Å². The molecule has 0 saturated heterocycles. The number of carbonyl (C=O) groups excluding carboxylic acids is 1. The molecular formula is C30H35N3O7S. The molecule has 1 heterocycles. The third kappa shape index (κ3) is 9.29. The van der Waals surface area contributed by atoms with Crippen molar-refractivity contribution in [3.8, 4) is 17.4 Å². The summed E-state index contributed by atoms with van der Waals surface area (Å²) in [5.41, 5.74) is 0.910. The zero-order chi connectivity index (χ0) is 29.2. The molecule has 1 aromatic heterocycles. The Balaban J connectivity index is 1.22. The van der Waals surface area contributed by atoms with Crippen LogP contribution in [0.25, 0.3) is 0 Å². The van der Waals surface area contributed by atoms with Crippen LogP contribution in [-0.2, 0) is 21.2 Å². The molecule has 218 valence electrons. The topological polar surface area (TPSA) is 144 Å². The number of amides is 1. The summed E-state index contributed by atoms with van der Waals surface area (Å²) < 4.78 is 39.0. The molecule has 0 spiro atoms. The predicted molar refractivity (Wildman–Crippen MR) is 155 cm³/mol. The van der Waals surface area contributed by atoms with E-state index in [9.17, 15) is 23.1 Å². The first kappa shape index (κ1) is 30.0. The number of rotatable bonds is 13. The van der Waals surface area contributed by atoms with E-state index in [0.717, 1.165) is 32.1 Å². The van der Waals surface area contributed by atoms with Crippen molar-refractivity contribution >= 4 is 27.6 Å². The van der Waals surface area contributed by atoms with E-state index in [1.165, 1.54) is 12.3 Å². The minimum Gasteiger partial charge on any atom is -0.490 e. The molecule has 11 heteroatoms. The van der Waals surface area contributed by atoms with Crippen LogP contribution in [-0.4, -0.2) is 48.3 Å². The van der Waals surface area contributed by atoms with E-state index in [1.54, 1.807) is 42.5 Å². The lowest BCUT2D eigenvalue weighted by Crippen LogP contribution is -2.40. The summed E-state index contributed by atoms with van der Waals surface area (Å²) in [6.45, 7) is 1.98. The van der Waals surface area contributed by atoms with Crippen molar-refractivity contribution in [2.24, 2.45) is 0 Å². The zero-order valence-corrected chi connectivity index (χ0v) is 23.7. The van der Waals surface area contributed by atoms with Crippen LogP contribution < -0.4 is 19.5 Å². The van der Waals surface area contributed by atoms with Crippen molar-refractivity contribution in [1.82, 2.24) is 9.71 Å². The molecular weight excluding hydrogens is 546 g/mol. The number of nitrogens with zero attached hydrogens (tertiary/aromatic N) is 1. The van der Waals surface area contributed by atoms with Crippen molar-refractivity contribution in [2.45, 2.75) is 64.0 Å². The molecule has 1 fully saturated rings.